The standard InChI is InChI=1S/C25H28Cl2N2O2/c1-25(2)13-17-4-3-16(19-12-18(26)5-6-21(19)27)11-20(17)23(25)28-24(30)31-22-14-29-9-7-15(22)8-10-29/h3-6,11-12,15,22-23H,7-10,13-14H2,1-2H3,(H,28,30)/t22-,23?/m1/s1. The van der Waals surface area contributed by atoms with Gasteiger partial charge in [0, 0.05) is 22.2 Å². The van der Waals surface area contributed by atoms with Crippen LogP contribution < -0.4 is 5.32 Å². The first-order valence-corrected chi connectivity index (χ1v) is 11.8. The quantitative estimate of drug-likeness (QED) is 0.603. The van der Waals surface area contributed by atoms with E-state index in [2.05, 4.69) is 42.3 Å². The molecule has 6 heteroatoms. The zero-order chi connectivity index (χ0) is 21.8. The van der Waals surface area contributed by atoms with Crippen molar-refractivity contribution in [2.24, 2.45) is 11.3 Å². The summed E-state index contributed by atoms with van der Waals surface area (Å²) in [4.78, 5) is 15.3. The third-order valence-electron chi connectivity index (χ3n) is 7.24. The largest absolute Gasteiger partial charge is 0.445 e. The van der Waals surface area contributed by atoms with Crippen LogP contribution in [-0.2, 0) is 11.2 Å². The van der Waals surface area contributed by atoms with Crippen LogP contribution >= 0.6 is 23.2 Å². The Morgan fingerprint density at radius 3 is 2.61 bits per heavy atom. The van der Waals surface area contributed by atoms with Crippen molar-refractivity contribution in [1.82, 2.24) is 10.2 Å². The van der Waals surface area contributed by atoms with E-state index in [9.17, 15) is 4.79 Å². The number of rotatable bonds is 3. The molecule has 1 N–H and O–H groups in total. The lowest BCUT2D eigenvalue weighted by Crippen LogP contribution is -2.53. The van der Waals surface area contributed by atoms with Crippen molar-refractivity contribution < 1.29 is 9.53 Å². The average molecular weight is 459 g/mol. The highest BCUT2D eigenvalue weighted by molar-refractivity contribution is 6.35. The number of carbonyl (C=O) groups is 1. The lowest BCUT2D eigenvalue weighted by atomic mass is 9.85. The minimum absolute atomic E-state index is 0.00286. The van der Waals surface area contributed by atoms with Crippen LogP contribution in [-0.4, -0.2) is 36.7 Å². The molecule has 3 heterocycles. The fourth-order valence-electron chi connectivity index (χ4n) is 5.53. The molecular weight excluding hydrogens is 431 g/mol. The Bertz CT molecular complexity index is 1010. The van der Waals surface area contributed by atoms with Gasteiger partial charge in [-0.05, 0) is 84.6 Å². The first-order chi connectivity index (χ1) is 14.8. The predicted molar refractivity (Wildman–Crippen MR) is 125 cm³/mol. The number of alkyl carbamates (subject to hydrolysis) is 1. The SMILES string of the molecule is CC1(C)Cc2ccc(-c3cc(Cl)ccc3Cl)cc2C1NC(=O)O[C@@H]1CN2CCC1CC2. The highest BCUT2D eigenvalue weighted by Gasteiger charge is 2.42. The van der Waals surface area contributed by atoms with Gasteiger partial charge in [0.15, 0.2) is 0 Å². The number of nitrogens with zero attached hydrogens (tertiary/aromatic N) is 1. The molecule has 0 radical (unpaired) electrons. The maximum atomic E-state index is 12.9. The van der Waals surface area contributed by atoms with Gasteiger partial charge < -0.3 is 10.1 Å². The molecule has 6 rings (SSSR count). The molecule has 1 aliphatic carbocycles. The molecule has 1 unspecified atom stereocenters. The van der Waals surface area contributed by atoms with Crippen LogP contribution in [0.4, 0.5) is 4.79 Å². The molecule has 3 saturated heterocycles. The van der Waals surface area contributed by atoms with Gasteiger partial charge >= 0.3 is 6.09 Å². The molecule has 0 spiro atoms. The first-order valence-electron chi connectivity index (χ1n) is 11.1. The van der Waals surface area contributed by atoms with Crippen molar-refractivity contribution in [3.63, 3.8) is 0 Å². The number of nitrogens with one attached hydrogen (secondary N) is 1. The second-order valence-corrected chi connectivity index (χ2v) is 10.7. The molecule has 2 bridgehead atoms. The Labute approximate surface area is 193 Å². The topological polar surface area (TPSA) is 41.6 Å². The van der Waals surface area contributed by atoms with Crippen LogP contribution in [0.25, 0.3) is 11.1 Å². The van der Waals surface area contributed by atoms with Crippen LogP contribution in [0.5, 0.6) is 0 Å². The van der Waals surface area contributed by atoms with Crippen molar-refractivity contribution >= 4 is 29.3 Å². The molecule has 2 aromatic rings. The van der Waals surface area contributed by atoms with Crippen molar-refractivity contribution in [2.45, 2.75) is 45.3 Å². The normalized spacial score (nSPS) is 28.3. The third kappa shape index (κ3) is 4.06. The van der Waals surface area contributed by atoms with E-state index >= 15 is 0 Å². The molecule has 0 aromatic heterocycles. The minimum Gasteiger partial charge on any atom is -0.445 e. The van der Waals surface area contributed by atoms with Gasteiger partial charge in [-0.15, -0.1) is 0 Å². The van der Waals surface area contributed by atoms with E-state index in [0.717, 1.165) is 55.6 Å². The predicted octanol–water partition coefficient (Wildman–Crippen LogP) is 6.10. The maximum absolute atomic E-state index is 12.9. The molecule has 2 atom stereocenters. The summed E-state index contributed by atoms with van der Waals surface area (Å²) in [7, 11) is 0. The highest BCUT2D eigenvalue weighted by atomic mass is 35.5. The fourth-order valence-corrected chi connectivity index (χ4v) is 5.93. The molecule has 0 saturated carbocycles. The zero-order valence-electron chi connectivity index (χ0n) is 18.0. The van der Waals surface area contributed by atoms with Gasteiger partial charge in [-0.3, -0.25) is 4.90 Å². The van der Waals surface area contributed by atoms with Gasteiger partial charge in [-0.2, -0.15) is 0 Å². The molecule has 3 aliphatic heterocycles. The number of piperidine rings is 3. The second kappa shape index (κ2) is 7.99. The van der Waals surface area contributed by atoms with Crippen molar-refractivity contribution in [1.29, 1.82) is 0 Å². The fraction of sp³-hybridized carbons (Fsp3) is 0.480. The monoisotopic (exact) mass is 458 g/mol. The Morgan fingerprint density at radius 2 is 1.90 bits per heavy atom. The van der Waals surface area contributed by atoms with Crippen LogP contribution in [0.15, 0.2) is 36.4 Å². The summed E-state index contributed by atoms with van der Waals surface area (Å²) in [6.07, 6.45) is 2.84. The van der Waals surface area contributed by atoms with Crippen molar-refractivity contribution in [3.8, 4) is 11.1 Å². The maximum Gasteiger partial charge on any atom is 0.407 e. The smallest absolute Gasteiger partial charge is 0.407 e. The van der Waals surface area contributed by atoms with Crippen molar-refractivity contribution in [2.75, 3.05) is 19.6 Å². The van der Waals surface area contributed by atoms with Gasteiger partial charge in [0.05, 0.1) is 6.04 Å². The van der Waals surface area contributed by atoms with E-state index in [1.165, 1.54) is 5.56 Å². The van der Waals surface area contributed by atoms with E-state index in [4.69, 9.17) is 27.9 Å². The molecule has 31 heavy (non-hydrogen) atoms. The van der Waals surface area contributed by atoms with Crippen LogP contribution in [0.2, 0.25) is 10.0 Å². The lowest BCUT2D eigenvalue weighted by Gasteiger charge is -2.44. The molecular formula is C25H28Cl2N2O2. The number of amides is 1. The van der Waals surface area contributed by atoms with E-state index < -0.39 is 0 Å². The summed E-state index contributed by atoms with van der Waals surface area (Å²) in [5.41, 5.74) is 4.17. The summed E-state index contributed by atoms with van der Waals surface area (Å²) in [6, 6.07) is 11.7. The Balaban J connectivity index is 1.38. The van der Waals surface area contributed by atoms with E-state index in [1.807, 2.05) is 12.1 Å². The number of halogens is 2. The summed E-state index contributed by atoms with van der Waals surface area (Å²) >= 11 is 12.7. The number of hydrogen-bond donors (Lipinski definition) is 1. The zero-order valence-corrected chi connectivity index (χ0v) is 19.5. The molecule has 4 aliphatic rings. The summed E-state index contributed by atoms with van der Waals surface area (Å²) < 4.78 is 5.91. The Morgan fingerprint density at radius 1 is 1.13 bits per heavy atom. The first kappa shape index (κ1) is 21.1. The van der Waals surface area contributed by atoms with Gasteiger partial charge in [0.25, 0.3) is 0 Å². The number of benzene rings is 2. The average Bonchev–Trinajstić information content (AvgIpc) is 2.99. The Kier molecular flexibility index (Phi) is 5.44. The van der Waals surface area contributed by atoms with Gasteiger partial charge in [-0.1, -0.05) is 49.2 Å². The number of ether oxygens (including phenoxy) is 1. The minimum atomic E-state index is -0.309. The van der Waals surface area contributed by atoms with Crippen LogP contribution in [0.1, 0.15) is 43.9 Å². The van der Waals surface area contributed by atoms with Gasteiger partial charge in [-0.25, -0.2) is 4.79 Å². The van der Waals surface area contributed by atoms with E-state index in [0.29, 0.717) is 16.0 Å². The summed E-state index contributed by atoms with van der Waals surface area (Å²) in [6.45, 7) is 7.50. The highest BCUT2D eigenvalue weighted by Crippen LogP contribution is 2.47. The molecule has 4 nitrogen and oxygen atoms in total. The van der Waals surface area contributed by atoms with Crippen molar-refractivity contribution in [3.05, 3.63) is 57.6 Å². The summed E-state index contributed by atoms with van der Waals surface area (Å²) in [5.74, 6) is 0.496. The second-order valence-electron chi connectivity index (χ2n) is 9.86. The Hall–Kier alpha value is -1.75. The van der Waals surface area contributed by atoms with Gasteiger partial charge in [0.2, 0.25) is 0 Å². The van der Waals surface area contributed by atoms with Crippen LogP contribution in [0, 0.1) is 11.3 Å². The number of carbonyl (C=O) groups excluding carboxylic acids is 1. The summed E-state index contributed by atoms with van der Waals surface area (Å²) in [5, 5.41) is 4.51. The molecule has 3 fully saturated rings. The molecule has 1 amide bonds. The third-order valence-corrected chi connectivity index (χ3v) is 7.81. The number of hydrogen-bond acceptors (Lipinski definition) is 3. The van der Waals surface area contributed by atoms with Crippen LogP contribution in [0.3, 0.4) is 0 Å². The van der Waals surface area contributed by atoms with Gasteiger partial charge in [0.1, 0.15) is 6.10 Å². The molecule has 2 aromatic carbocycles. The lowest BCUT2D eigenvalue weighted by molar-refractivity contribution is -0.0348. The number of fused-ring (bicyclic) bond motifs is 4. The van der Waals surface area contributed by atoms with E-state index in [1.54, 1.807) is 6.07 Å². The molecule has 164 valence electrons. The van der Waals surface area contributed by atoms with E-state index in [-0.39, 0.29) is 23.7 Å².